The molecule has 0 radical (unpaired) electrons. The van der Waals surface area contributed by atoms with Crippen molar-refractivity contribution < 1.29 is 14.6 Å². The highest BCUT2D eigenvalue weighted by atomic mass is 16.5. The van der Waals surface area contributed by atoms with Gasteiger partial charge in [-0.25, -0.2) is 5.01 Å². The van der Waals surface area contributed by atoms with Gasteiger partial charge in [-0.05, 0) is 42.0 Å². The molecule has 2 heterocycles. The molecule has 1 aliphatic rings. The molecule has 1 aliphatic heterocycles. The summed E-state index contributed by atoms with van der Waals surface area (Å²) >= 11 is 0. The average Bonchev–Trinajstić information content (AvgIpc) is 2.93. The average molecular weight is 323 g/mol. The van der Waals surface area contributed by atoms with E-state index >= 15 is 0 Å². The van der Waals surface area contributed by atoms with Crippen molar-refractivity contribution in [3.8, 4) is 5.75 Å². The first-order chi connectivity index (χ1) is 11.7. The summed E-state index contributed by atoms with van der Waals surface area (Å²) < 4.78 is 5.16. The summed E-state index contributed by atoms with van der Waals surface area (Å²) in [7, 11) is 1.60. The van der Waals surface area contributed by atoms with Gasteiger partial charge in [0.2, 0.25) is 0 Å². The summed E-state index contributed by atoms with van der Waals surface area (Å²) in [6.07, 6.45) is 5.12. The summed E-state index contributed by atoms with van der Waals surface area (Å²) in [6.45, 7) is 0.00811. The number of β-amino-alcohol motifs (C(OH)–C–C–N with tert-alkyl or cyclic N) is 1. The van der Waals surface area contributed by atoms with Crippen LogP contribution in [0.3, 0.4) is 0 Å². The van der Waals surface area contributed by atoms with Gasteiger partial charge in [-0.15, -0.1) is 0 Å². The third kappa shape index (κ3) is 3.18. The smallest absolute Gasteiger partial charge is 0.276 e. The van der Waals surface area contributed by atoms with Crippen LogP contribution in [-0.2, 0) is 4.79 Å². The normalized spacial score (nSPS) is 15.8. The molecule has 0 atom stereocenters. The number of hydrogen-bond acceptors (Lipinski definition) is 5. The molecule has 1 aromatic heterocycles. The van der Waals surface area contributed by atoms with Crippen LogP contribution >= 0.6 is 0 Å². The maximum Gasteiger partial charge on any atom is 0.276 e. The summed E-state index contributed by atoms with van der Waals surface area (Å²) in [5.74, 6) is 0.493. The molecule has 2 aromatic rings. The lowest BCUT2D eigenvalue weighted by molar-refractivity contribution is -0.126. The van der Waals surface area contributed by atoms with Gasteiger partial charge in [0.25, 0.3) is 5.91 Å². The van der Waals surface area contributed by atoms with E-state index in [1.54, 1.807) is 25.6 Å². The molecule has 0 spiro atoms. The van der Waals surface area contributed by atoms with Crippen LogP contribution in [0.4, 0.5) is 0 Å². The van der Waals surface area contributed by atoms with E-state index in [0.717, 1.165) is 16.9 Å². The first kappa shape index (κ1) is 15.9. The van der Waals surface area contributed by atoms with Crippen molar-refractivity contribution in [2.24, 2.45) is 5.10 Å². The third-order valence-electron chi connectivity index (χ3n) is 3.61. The molecule has 0 fully saturated rings. The number of rotatable bonds is 5. The molecular formula is C18H17N3O3. The molecule has 1 N–H and O–H groups in total. The van der Waals surface area contributed by atoms with Crippen LogP contribution in [0.15, 0.2) is 59.5 Å². The van der Waals surface area contributed by atoms with Gasteiger partial charge in [0.1, 0.15) is 11.5 Å². The summed E-state index contributed by atoms with van der Waals surface area (Å²) in [6, 6.07) is 11.0. The minimum Gasteiger partial charge on any atom is -0.497 e. The minimum absolute atomic E-state index is 0.148. The second-order valence-electron chi connectivity index (χ2n) is 5.17. The van der Waals surface area contributed by atoms with Crippen molar-refractivity contribution in [2.45, 2.75) is 0 Å². The van der Waals surface area contributed by atoms with Gasteiger partial charge in [0.05, 0.1) is 25.8 Å². The van der Waals surface area contributed by atoms with Gasteiger partial charge in [0, 0.05) is 18.0 Å². The zero-order chi connectivity index (χ0) is 16.9. The fourth-order valence-corrected chi connectivity index (χ4v) is 2.43. The number of carbonyl (C=O) groups excluding carboxylic acids is 1. The molecule has 0 saturated carbocycles. The zero-order valence-corrected chi connectivity index (χ0v) is 13.2. The lowest BCUT2D eigenvalue weighted by atomic mass is 10.0. The number of ether oxygens (including phenoxy) is 1. The summed E-state index contributed by atoms with van der Waals surface area (Å²) in [5.41, 5.74) is 2.66. The topological polar surface area (TPSA) is 75.0 Å². The molecule has 0 saturated heterocycles. The number of aliphatic hydroxyl groups is 1. The van der Waals surface area contributed by atoms with Gasteiger partial charge in [0.15, 0.2) is 0 Å². The van der Waals surface area contributed by atoms with Crippen LogP contribution in [0.2, 0.25) is 0 Å². The Bertz CT molecular complexity index is 783. The number of carbonyl (C=O) groups is 1. The third-order valence-corrected chi connectivity index (χ3v) is 3.61. The standard InChI is InChI=1S/C18H17N3O3/c1-24-15-6-4-14(5-7-15)17-16(11-13-3-2-8-19-12-13)18(23)21(20-17)9-10-22/h2-8,11-12,22H,9-10H2,1H3/b16-11-. The SMILES string of the molecule is COc1ccc(C2=NN(CCO)C(=O)/C2=C\c2cccnc2)cc1. The van der Waals surface area contributed by atoms with E-state index in [9.17, 15) is 4.79 Å². The van der Waals surface area contributed by atoms with E-state index in [2.05, 4.69) is 10.1 Å². The number of aliphatic hydroxyl groups excluding tert-OH is 1. The fraction of sp³-hybridized carbons (Fsp3) is 0.167. The second-order valence-corrected chi connectivity index (χ2v) is 5.17. The van der Waals surface area contributed by atoms with E-state index < -0.39 is 0 Å². The summed E-state index contributed by atoms with van der Waals surface area (Å²) in [4.78, 5) is 16.7. The zero-order valence-electron chi connectivity index (χ0n) is 13.2. The Morgan fingerprint density at radius 1 is 1.25 bits per heavy atom. The first-order valence-electron chi connectivity index (χ1n) is 7.51. The molecule has 0 aliphatic carbocycles. The Hall–Kier alpha value is -2.99. The maximum absolute atomic E-state index is 12.6. The minimum atomic E-state index is -0.237. The molecule has 3 rings (SSSR count). The molecule has 122 valence electrons. The fourth-order valence-electron chi connectivity index (χ4n) is 2.43. The van der Waals surface area contributed by atoms with Crippen LogP contribution in [0.5, 0.6) is 5.75 Å². The van der Waals surface area contributed by atoms with Crippen LogP contribution in [0, 0.1) is 0 Å². The van der Waals surface area contributed by atoms with Crippen LogP contribution < -0.4 is 4.74 Å². The Morgan fingerprint density at radius 2 is 2.04 bits per heavy atom. The van der Waals surface area contributed by atoms with Crippen molar-refractivity contribution in [1.82, 2.24) is 9.99 Å². The highest BCUT2D eigenvalue weighted by molar-refractivity contribution is 6.33. The molecule has 1 aromatic carbocycles. The van der Waals surface area contributed by atoms with E-state index in [0.29, 0.717) is 11.3 Å². The van der Waals surface area contributed by atoms with Crippen LogP contribution in [0.1, 0.15) is 11.1 Å². The number of methoxy groups -OCH3 is 1. The quantitative estimate of drug-likeness (QED) is 0.850. The predicted octanol–water partition coefficient (Wildman–Crippen LogP) is 1.71. The Morgan fingerprint density at radius 3 is 2.67 bits per heavy atom. The number of amides is 1. The van der Waals surface area contributed by atoms with Gasteiger partial charge in [-0.2, -0.15) is 5.10 Å². The Kier molecular flexibility index (Phi) is 4.67. The van der Waals surface area contributed by atoms with Gasteiger partial charge >= 0.3 is 0 Å². The lowest BCUT2D eigenvalue weighted by Gasteiger charge is -2.08. The second kappa shape index (κ2) is 7.06. The number of hydrogen-bond donors (Lipinski definition) is 1. The van der Waals surface area contributed by atoms with Gasteiger partial charge in [-0.1, -0.05) is 6.07 Å². The Balaban J connectivity index is 2.02. The number of pyridine rings is 1. The van der Waals surface area contributed by atoms with E-state index in [-0.39, 0.29) is 19.1 Å². The molecule has 0 unspecified atom stereocenters. The van der Waals surface area contributed by atoms with Crippen molar-refractivity contribution in [3.05, 3.63) is 65.5 Å². The van der Waals surface area contributed by atoms with E-state index in [1.165, 1.54) is 5.01 Å². The number of benzene rings is 1. The lowest BCUT2D eigenvalue weighted by Crippen LogP contribution is -2.25. The van der Waals surface area contributed by atoms with Gasteiger partial charge < -0.3 is 9.84 Å². The van der Waals surface area contributed by atoms with Crippen molar-refractivity contribution in [2.75, 3.05) is 20.3 Å². The molecular weight excluding hydrogens is 306 g/mol. The van der Waals surface area contributed by atoms with Crippen LogP contribution in [0.25, 0.3) is 6.08 Å². The highest BCUT2D eigenvalue weighted by Gasteiger charge is 2.30. The largest absolute Gasteiger partial charge is 0.497 e. The van der Waals surface area contributed by atoms with E-state index in [1.807, 2.05) is 36.4 Å². The molecule has 0 bridgehead atoms. The van der Waals surface area contributed by atoms with Crippen molar-refractivity contribution in [1.29, 1.82) is 0 Å². The number of hydrazone groups is 1. The molecule has 24 heavy (non-hydrogen) atoms. The monoisotopic (exact) mass is 323 g/mol. The molecule has 1 amide bonds. The number of nitrogens with zero attached hydrogens (tertiary/aromatic N) is 3. The van der Waals surface area contributed by atoms with Crippen molar-refractivity contribution in [3.63, 3.8) is 0 Å². The van der Waals surface area contributed by atoms with Crippen LogP contribution in [-0.4, -0.2) is 47.0 Å². The van der Waals surface area contributed by atoms with E-state index in [4.69, 9.17) is 9.84 Å². The number of aromatic nitrogens is 1. The first-order valence-corrected chi connectivity index (χ1v) is 7.51. The Labute approximate surface area is 139 Å². The highest BCUT2D eigenvalue weighted by Crippen LogP contribution is 2.24. The maximum atomic E-state index is 12.6. The summed E-state index contributed by atoms with van der Waals surface area (Å²) in [5, 5.41) is 14.8. The van der Waals surface area contributed by atoms with Gasteiger partial charge in [-0.3, -0.25) is 9.78 Å². The predicted molar refractivity (Wildman–Crippen MR) is 90.5 cm³/mol. The molecule has 6 heteroatoms. The van der Waals surface area contributed by atoms with Crippen molar-refractivity contribution >= 4 is 17.7 Å². The molecule has 6 nitrogen and oxygen atoms in total.